The Hall–Kier alpha value is -2.35. The highest BCUT2D eigenvalue weighted by molar-refractivity contribution is 5.70. The van der Waals surface area contributed by atoms with Gasteiger partial charge in [0, 0.05) is 5.92 Å². The molecule has 0 saturated carbocycles. The van der Waals surface area contributed by atoms with Gasteiger partial charge in [0.1, 0.15) is 11.6 Å². The first-order valence-corrected chi connectivity index (χ1v) is 7.03. The van der Waals surface area contributed by atoms with Gasteiger partial charge in [-0.3, -0.25) is 0 Å². The molecule has 1 atom stereocenters. The summed E-state index contributed by atoms with van der Waals surface area (Å²) in [4.78, 5) is 0. The average Bonchev–Trinajstić information content (AvgIpc) is 2.56. The lowest BCUT2D eigenvalue weighted by Crippen LogP contribution is -2.04. The van der Waals surface area contributed by atoms with Crippen LogP contribution >= 0.6 is 0 Å². The fourth-order valence-corrected chi connectivity index (χ4v) is 2.68. The summed E-state index contributed by atoms with van der Waals surface area (Å²) < 4.78 is 18.5. The van der Waals surface area contributed by atoms with Crippen molar-refractivity contribution in [1.29, 1.82) is 0 Å². The van der Waals surface area contributed by atoms with Crippen LogP contribution in [0.4, 0.5) is 4.39 Å². The highest BCUT2D eigenvalue weighted by Crippen LogP contribution is 2.36. The molecule has 2 heteroatoms. The van der Waals surface area contributed by atoms with E-state index in [0.29, 0.717) is 0 Å². The largest absolute Gasteiger partial charge is 0.497 e. The molecule has 0 aromatic heterocycles. The predicted molar refractivity (Wildman–Crippen MR) is 83.3 cm³/mol. The zero-order valence-corrected chi connectivity index (χ0v) is 11.9. The third-order valence-corrected chi connectivity index (χ3v) is 3.80. The summed E-state index contributed by atoms with van der Waals surface area (Å²) in [6, 6.07) is 17.0. The fourth-order valence-electron chi connectivity index (χ4n) is 2.68. The van der Waals surface area contributed by atoms with Gasteiger partial charge in [0.05, 0.1) is 7.11 Å². The van der Waals surface area contributed by atoms with E-state index in [4.69, 9.17) is 4.74 Å². The highest BCUT2D eigenvalue weighted by Gasteiger charge is 2.18. The Labute approximate surface area is 124 Å². The number of hydrogen-bond acceptors (Lipinski definition) is 1. The van der Waals surface area contributed by atoms with E-state index in [1.54, 1.807) is 7.11 Å². The van der Waals surface area contributed by atoms with Crippen LogP contribution in [0.3, 0.4) is 0 Å². The second kappa shape index (κ2) is 5.96. The molecule has 0 heterocycles. The first-order chi connectivity index (χ1) is 10.3. The summed E-state index contributed by atoms with van der Waals surface area (Å²) >= 11 is 0. The van der Waals surface area contributed by atoms with Crippen molar-refractivity contribution in [2.75, 3.05) is 7.11 Å². The minimum Gasteiger partial charge on any atom is -0.497 e. The number of benzene rings is 2. The van der Waals surface area contributed by atoms with E-state index >= 15 is 0 Å². The summed E-state index contributed by atoms with van der Waals surface area (Å²) in [7, 11) is 1.68. The Kier molecular flexibility index (Phi) is 3.87. The molecule has 1 nitrogen and oxygen atoms in total. The maximum absolute atomic E-state index is 13.1. The molecule has 2 aromatic carbocycles. The molecule has 0 saturated heterocycles. The smallest absolute Gasteiger partial charge is 0.123 e. The summed E-state index contributed by atoms with van der Waals surface area (Å²) in [5, 5.41) is 0. The van der Waals surface area contributed by atoms with Crippen molar-refractivity contribution < 1.29 is 9.13 Å². The molecule has 0 radical (unpaired) electrons. The van der Waals surface area contributed by atoms with Crippen LogP contribution in [0.2, 0.25) is 0 Å². The minimum absolute atomic E-state index is 0.211. The topological polar surface area (TPSA) is 9.23 Å². The molecule has 0 aliphatic heterocycles. The van der Waals surface area contributed by atoms with Crippen LogP contribution in [0, 0.1) is 5.82 Å². The summed E-state index contributed by atoms with van der Waals surface area (Å²) in [6.07, 6.45) is 5.07. The Morgan fingerprint density at radius 2 is 1.71 bits per heavy atom. The summed E-state index contributed by atoms with van der Waals surface area (Å²) in [5.74, 6) is 0.929. The minimum atomic E-state index is -0.211. The van der Waals surface area contributed by atoms with Gasteiger partial charge in [-0.1, -0.05) is 42.5 Å². The summed E-state index contributed by atoms with van der Waals surface area (Å²) in [5.41, 5.74) is 3.47. The Balaban J connectivity index is 1.94. The van der Waals surface area contributed by atoms with Crippen LogP contribution in [-0.4, -0.2) is 7.11 Å². The van der Waals surface area contributed by atoms with E-state index in [9.17, 15) is 4.39 Å². The Morgan fingerprint density at radius 1 is 1.00 bits per heavy atom. The third-order valence-electron chi connectivity index (χ3n) is 3.80. The van der Waals surface area contributed by atoms with Crippen molar-refractivity contribution in [2.45, 2.75) is 12.3 Å². The van der Waals surface area contributed by atoms with Gasteiger partial charge in [-0.25, -0.2) is 4.39 Å². The number of allylic oxidation sites excluding steroid dienone is 3. The maximum atomic E-state index is 13.1. The lowest BCUT2D eigenvalue weighted by Gasteiger charge is -2.22. The lowest BCUT2D eigenvalue weighted by atomic mass is 9.85. The molecule has 0 N–H and O–H groups in total. The summed E-state index contributed by atoms with van der Waals surface area (Å²) in [6.45, 7) is 0. The highest BCUT2D eigenvalue weighted by atomic mass is 19.1. The standard InChI is InChI=1S/C19H17FO/c1-21-19-12-16(14-5-3-2-4-6-14)11-17(13-19)15-7-9-18(20)10-8-15/h2-10,12-13,16H,11H2,1H3. The van der Waals surface area contributed by atoms with Crippen LogP contribution in [0.25, 0.3) is 5.57 Å². The van der Waals surface area contributed by atoms with E-state index in [2.05, 4.69) is 18.2 Å². The van der Waals surface area contributed by atoms with E-state index in [-0.39, 0.29) is 11.7 Å². The third kappa shape index (κ3) is 3.05. The van der Waals surface area contributed by atoms with Crippen molar-refractivity contribution in [3.63, 3.8) is 0 Å². The van der Waals surface area contributed by atoms with Gasteiger partial charge in [0.15, 0.2) is 0 Å². The number of halogens is 1. The maximum Gasteiger partial charge on any atom is 0.123 e. The van der Waals surface area contributed by atoms with Crippen LogP contribution in [-0.2, 0) is 4.74 Å². The van der Waals surface area contributed by atoms with Crippen molar-refractivity contribution in [3.8, 4) is 0 Å². The Bertz CT molecular complexity index is 668. The van der Waals surface area contributed by atoms with E-state index in [1.807, 2.05) is 36.4 Å². The first-order valence-electron chi connectivity index (χ1n) is 7.03. The van der Waals surface area contributed by atoms with Gasteiger partial charge in [0.2, 0.25) is 0 Å². The van der Waals surface area contributed by atoms with Crippen molar-refractivity contribution in [3.05, 3.63) is 89.5 Å². The average molecular weight is 280 g/mol. The van der Waals surface area contributed by atoms with Gasteiger partial charge >= 0.3 is 0 Å². The van der Waals surface area contributed by atoms with Gasteiger partial charge in [-0.2, -0.15) is 0 Å². The van der Waals surface area contributed by atoms with E-state index < -0.39 is 0 Å². The normalized spacial score (nSPS) is 17.9. The zero-order chi connectivity index (χ0) is 14.7. The van der Waals surface area contributed by atoms with Crippen LogP contribution in [0.1, 0.15) is 23.5 Å². The molecule has 0 amide bonds. The monoisotopic (exact) mass is 280 g/mol. The second-order valence-corrected chi connectivity index (χ2v) is 5.17. The molecule has 2 aromatic rings. The molecule has 0 spiro atoms. The van der Waals surface area contributed by atoms with E-state index in [1.165, 1.54) is 23.3 Å². The molecular formula is C19H17FO. The Morgan fingerprint density at radius 3 is 2.38 bits per heavy atom. The van der Waals surface area contributed by atoms with Crippen molar-refractivity contribution in [2.24, 2.45) is 0 Å². The molecule has 1 aliphatic rings. The van der Waals surface area contributed by atoms with Crippen LogP contribution in [0.5, 0.6) is 0 Å². The quantitative estimate of drug-likeness (QED) is 0.775. The van der Waals surface area contributed by atoms with Gasteiger partial charge in [-0.05, 0) is 47.4 Å². The number of ether oxygens (including phenoxy) is 1. The van der Waals surface area contributed by atoms with Crippen molar-refractivity contribution in [1.82, 2.24) is 0 Å². The van der Waals surface area contributed by atoms with E-state index in [0.717, 1.165) is 17.7 Å². The number of rotatable bonds is 3. The zero-order valence-electron chi connectivity index (χ0n) is 11.9. The predicted octanol–water partition coefficient (Wildman–Crippen LogP) is 4.93. The molecule has 106 valence electrons. The molecule has 0 bridgehead atoms. The SMILES string of the molecule is COC1=CC(c2ccccc2)CC(c2ccc(F)cc2)=C1. The first kappa shape index (κ1) is 13.6. The molecule has 0 fully saturated rings. The van der Waals surface area contributed by atoms with Gasteiger partial charge in [0.25, 0.3) is 0 Å². The molecular weight excluding hydrogens is 263 g/mol. The second-order valence-electron chi connectivity index (χ2n) is 5.17. The fraction of sp³-hybridized carbons (Fsp3) is 0.158. The molecule has 21 heavy (non-hydrogen) atoms. The van der Waals surface area contributed by atoms with Crippen molar-refractivity contribution >= 4 is 5.57 Å². The molecule has 1 aliphatic carbocycles. The van der Waals surface area contributed by atoms with Gasteiger partial charge < -0.3 is 4.74 Å². The van der Waals surface area contributed by atoms with Crippen LogP contribution in [0.15, 0.2) is 72.5 Å². The lowest BCUT2D eigenvalue weighted by molar-refractivity contribution is 0.303. The number of hydrogen-bond donors (Lipinski definition) is 0. The molecule has 1 unspecified atom stereocenters. The van der Waals surface area contributed by atoms with Gasteiger partial charge in [-0.15, -0.1) is 0 Å². The number of methoxy groups -OCH3 is 1. The van der Waals surface area contributed by atoms with Crippen LogP contribution < -0.4 is 0 Å². The molecule has 3 rings (SSSR count).